The highest BCUT2D eigenvalue weighted by Crippen LogP contribution is 2.29. The molecule has 1 aromatic carbocycles. The van der Waals surface area contributed by atoms with Gasteiger partial charge in [0.2, 0.25) is 6.10 Å². The first-order valence-corrected chi connectivity index (χ1v) is 9.23. The van der Waals surface area contributed by atoms with Crippen LogP contribution in [0.4, 0.5) is 4.79 Å². The van der Waals surface area contributed by atoms with Gasteiger partial charge in [0.1, 0.15) is 11.5 Å². The van der Waals surface area contributed by atoms with Gasteiger partial charge in [0.25, 0.3) is 5.91 Å². The number of methoxy groups -OCH3 is 2. The number of oxime groups is 1. The van der Waals surface area contributed by atoms with E-state index in [1.807, 2.05) is 6.07 Å². The molecule has 0 aliphatic carbocycles. The number of nitrogens with zero attached hydrogens (tertiary/aromatic N) is 3. The highest BCUT2D eigenvalue weighted by atomic mass is 16.6. The van der Waals surface area contributed by atoms with Crippen LogP contribution in [0, 0.1) is 0 Å². The van der Waals surface area contributed by atoms with Crippen LogP contribution in [-0.2, 0) is 14.4 Å². The summed E-state index contributed by atoms with van der Waals surface area (Å²) in [5.41, 5.74) is 1.38. The molecule has 9 heteroatoms. The van der Waals surface area contributed by atoms with Gasteiger partial charge in [-0.2, -0.15) is 0 Å². The van der Waals surface area contributed by atoms with E-state index in [1.54, 1.807) is 43.1 Å². The van der Waals surface area contributed by atoms with Crippen LogP contribution >= 0.6 is 0 Å². The molecule has 2 amide bonds. The lowest BCUT2D eigenvalue weighted by Gasteiger charge is -2.34. The summed E-state index contributed by atoms with van der Waals surface area (Å²) in [6.07, 6.45) is -0.678. The van der Waals surface area contributed by atoms with Crippen LogP contribution in [0.3, 0.4) is 0 Å². The van der Waals surface area contributed by atoms with E-state index in [0.29, 0.717) is 56.4 Å². The van der Waals surface area contributed by atoms with Crippen LogP contribution in [0.1, 0.15) is 18.9 Å². The molecule has 152 valence electrons. The van der Waals surface area contributed by atoms with Crippen LogP contribution < -0.4 is 9.47 Å². The molecule has 0 aromatic heterocycles. The quantitative estimate of drug-likeness (QED) is 0.756. The van der Waals surface area contributed by atoms with Gasteiger partial charge in [0.15, 0.2) is 0 Å². The topological polar surface area (TPSA) is 89.9 Å². The fourth-order valence-electron chi connectivity index (χ4n) is 3.24. The maximum absolute atomic E-state index is 12.8. The summed E-state index contributed by atoms with van der Waals surface area (Å²) in [5.74, 6) is 1.17. The van der Waals surface area contributed by atoms with Gasteiger partial charge in [-0.3, -0.25) is 4.79 Å². The summed E-state index contributed by atoms with van der Waals surface area (Å²) in [6, 6.07) is 5.40. The van der Waals surface area contributed by atoms with E-state index in [9.17, 15) is 9.59 Å². The minimum Gasteiger partial charge on any atom is -0.497 e. The number of carbonyl (C=O) groups is 2. The molecule has 0 unspecified atom stereocenters. The molecule has 0 saturated carbocycles. The number of hydrogen-bond acceptors (Lipinski definition) is 7. The van der Waals surface area contributed by atoms with Crippen LogP contribution in [0.2, 0.25) is 0 Å². The Bertz CT molecular complexity index is 758. The fraction of sp³-hybridized carbons (Fsp3) is 0.526. The summed E-state index contributed by atoms with van der Waals surface area (Å²) >= 11 is 0. The largest absolute Gasteiger partial charge is 0.497 e. The van der Waals surface area contributed by atoms with Gasteiger partial charge in [-0.25, -0.2) is 4.79 Å². The van der Waals surface area contributed by atoms with Gasteiger partial charge < -0.3 is 28.8 Å². The normalized spacial score (nSPS) is 19.0. The Kier molecular flexibility index (Phi) is 6.23. The Morgan fingerprint density at radius 1 is 1.14 bits per heavy atom. The van der Waals surface area contributed by atoms with Gasteiger partial charge >= 0.3 is 6.09 Å². The number of piperazine rings is 1. The molecule has 2 heterocycles. The van der Waals surface area contributed by atoms with Crippen LogP contribution in [0.5, 0.6) is 11.5 Å². The Balaban J connectivity index is 1.60. The summed E-state index contributed by atoms with van der Waals surface area (Å²) in [5, 5.41) is 4.10. The zero-order chi connectivity index (χ0) is 20.1. The number of amides is 2. The number of hydrogen-bond donors (Lipinski definition) is 0. The predicted molar refractivity (Wildman–Crippen MR) is 101 cm³/mol. The highest BCUT2D eigenvalue weighted by molar-refractivity contribution is 6.06. The maximum Gasteiger partial charge on any atom is 0.409 e. The van der Waals surface area contributed by atoms with Crippen molar-refractivity contribution in [2.75, 3.05) is 47.0 Å². The molecule has 0 bridgehead atoms. The number of rotatable bonds is 5. The van der Waals surface area contributed by atoms with Crippen molar-refractivity contribution in [1.82, 2.24) is 9.80 Å². The second-order valence-corrected chi connectivity index (χ2v) is 6.41. The number of ether oxygens (including phenoxy) is 3. The molecule has 0 spiro atoms. The highest BCUT2D eigenvalue weighted by Gasteiger charge is 2.35. The number of carbonyl (C=O) groups excluding carboxylic acids is 2. The first-order chi connectivity index (χ1) is 13.6. The van der Waals surface area contributed by atoms with Crippen LogP contribution in [-0.4, -0.2) is 80.6 Å². The summed E-state index contributed by atoms with van der Waals surface area (Å²) in [6.45, 7) is 3.86. The third-order valence-electron chi connectivity index (χ3n) is 4.78. The van der Waals surface area contributed by atoms with E-state index >= 15 is 0 Å². The first-order valence-electron chi connectivity index (χ1n) is 9.23. The molecule has 9 nitrogen and oxygen atoms in total. The average molecular weight is 391 g/mol. The SMILES string of the molecule is CCOC(=O)N1CCN(C(=O)[C@@H]2CC(c3cc(OC)ccc3OC)=NO2)CC1. The maximum atomic E-state index is 12.8. The predicted octanol–water partition coefficient (Wildman–Crippen LogP) is 1.50. The third kappa shape index (κ3) is 4.13. The Morgan fingerprint density at radius 2 is 1.86 bits per heavy atom. The van der Waals surface area contributed by atoms with E-state index in [1.165, 1.54) is 0 Å². The van der Waals surface area contributed by atoms with Crippen molar-refractivity contribution >= 4 is 17.7 Å². The van der Waals surface area contributed by atoms with E-state index < -0.39 is 6.10 Å². The summed E-state index contributed by atoms with van der Waals surface area (Å²) in [7, 11) is 3.16. The van der Waals surface area contributed by atoms with Crippen LogP contribution in [0.15, 0.2) is 23.4 Å². The second-order valence-electron chi connectivity index (χ2n) is 6.41. The zero-order valence-electron chi connectivity index (χ0n) is 16.3. The van der Waals surface area contributed by atoms with Crippen molar-refractivity contribution < 1.29 is 28.6 Å². The van der Waals surface area contributed by atoms with E-state index in [2.05, 4.69) is 5.16 Å². The summed E-state index contributed by atoms with van der Waals surface area (Å²) in [4.78, 5) is 33.3. The Hall–Kier alpha value is -2.97. The van der Waals surface area contributed by atoms with E-state index in [4.69, 9.17) is 19.0 Å². The second kappa shape index (κ2) is 8.81. The molecule has 1 aromatic rings. The van der Waals surface area contributed by atoms with Crippen LogP contribution in [0.25, 0.3) is 0 Å². The van der Waals surface area contributed by atoms with Gasteiger partial charge in [-0.15, -0.1) is 0 Å². The first kappa shape index (κ1) is 19.8. The van der Waals surface area contributed by atoms with Gasteiger partial charge in [-0.05, 0) is 25.1 Å². The van der Waals surface area contributed by atoms with E-state index in [-0.39, 0.29) is 12.0 Å². The molecule has 2 aliphatic heterocycles. The van der Waals surface area contributed by atoms with Gasteiger partial charge in [0, 0.05) is 38.2 Å². The van der Waals surface area contributed by atoms with Crippen molar-refractivity contribution in [1.29, 1.82) is 0 Å². The Labute approximate surface area is 163 Å². The minimum absolute atomic E-state index is 0.135. The molecular formula is C19H25N3O6. The third-order valence-corrected chi connectivity index (χ3v) is 4.78. The van der Waals surface area contributed by atoms with Crippen molar-refractivity contribution in [3.8, 4) is 11.5 Å². The molecular weight excluding hydrogens is 366 g/mol. The molecule has 0 N–H and O–H groups in total. The van der Waals surface area contributed by atoms with E-state index in [0.717, 1.165) is 5.56 Å². The van der Waals surface area contributed by atoms with Crippen molar-refractivity contribution in [3.63, 3.8) is 0 Å². The smallest absolute Gasteiger partial charge is 0.409 e. The lowest BCUT2D eigenvalue weighted by Crippen LogP contribution is -2.53. The molecule has 0 radical (unpaired) electrons. The molecule has 2 aliphatic rings. The van der Waals surface area contributed by atoms with Crippen molar-refractivity contribution in [2.24, 2.45) is 5.16 Å². The molecule has 1 saturated heterocycles. The lowest BCUT2D eigenvalue weighted by atomic mass is 10.0. The summed E-state index contributed by atoms with van der Waals surface area (Å²) < 4.78 is 15.6. The Morgan fingerprint density at radius 3 is 2.50 bits per heavy atom. The molecule has 1 atom stereocenters. The molecule has 1 fully saturated rings. The monoisotopic (exact) mass is 391 g/mol. The molecule has 28 heavy (non-hydrogen) atoms. The van der Waals surface area contributed by atoms with Gasteiger partial charge in [0.05, 0.1) is 26.5 Å². The minimum atomic E-state index is -0.681. The standard InChI is InChI=1S/C19H25N3O6/c1-4-27-19(24)22-9-7-21(8-10-22)18(23)17-12-15(20-28-17)14-11-13(25-2)5-6-16(14)26-3/h5-6,11,17H,4,7-10,12H2,1-3H3/t17-/m0/s1. The lowest BCUT2D eigenvalue weighted by molar-refractivity contribution is -0.143. The zero-order valence-corrected chi connectivity index (χ0v) is 16.3. The average Bonchev–Trinajstić information content (AvgIpc) is 3.23. The molecule has 3 rings (SSSR count). The number of benzene rings is 1. The fourth-order valence-corrected chi connectivity index (χ4v) is 3.24. The van der Waals surface area contributed by atoms with Crippen molar-refractivity contribution in [3.05, 3.63) is 23.8 Å². The van der Waals surface area contributed by atoms with Crippen molar-refractivity contribution in [2.45, 2.75) is 19.4 Å². The van der Waals surface area contributed by atoms with Gasteiger partial charge in [-0.1, -0.05) is 5.16 Å².